The summed E-state index contributed by atoms with van der Waals surface area (Å²) in [4.78, 5) is 3.02. The molecule has 4 heteroatoms. The summed E-state index contributed by atoms with van der Waals surface area (Å²) in [6.07, 6.45) is 0. The zero-order valence-corrected chi connectivity index (χ0v) is 4.07. The first-order chi connectivity index (χ1) is 3.29. The maximum absolute atomic E-state index is 11.7. The van der Waals surface area contributed by atoms with Crippen LogP contribution in [-0.4, -0.2) is 10.1 Å². The maximum Gasteiger partial charge on any atom is 0.272 e. The second kappa shape index (κ2) is 1.46. The number of aromatic nitrogens is 1. The van der Waals surface area contributed by atoms with Gasteiger partial charge in [0.05, 0.1) is 5.38 Å². The van der Waals surface area contributed by atoms with Gasteiger partial charge in [0.15, 0.2) is 0 Å². The molecular weight excluding hydrogens is 117 g/mol. The highest BCUT2D eigenvalue weighted by molar-refractivity contribution is 7.08. The fourth-order valence-electron chi connectivity index (χ4n) is 0.244. The number of hydrogen-bond acceptors (Lipinski definition) is 3. The van der Waals surface area contributed by atoms with Crippen LogP contribution in [0, 0.1) is 5.26 Å². The minimum Gasteiger partial charge on any atom is -0.493 e. The van der Waals surface area contributed by atoms with Gasteiger partial charge < -0.3 is 5.11 Å². The predicted octanol–water partition coefficient (Wildman–Crippen LogP) is 0.988. The Morgan fingerprint density at radius 2 is 2.57 bits per heavy atom. The van der Waals surface area contributed by atoms with Crippen LogP contribution in [0.5, 0.6) is 5.88 Å². The van der Waals surface area contributed by atoms with E-state index in [9.17, 15) is 4.39 Å². The zero-order valence-electron chi connectivity index (χ0n) is 3.26. The number of thiazole rings is 1. The largest absolute Gasteiger partial charge is 0.493 e. The van der Waals surface area contributed by atoms with E-state index in [1.807, 2.05) is 0 Å². The third-order valence-corrected chi connectivity index (χ3v) is 1.08. The second-order valence-electron chi connectivity index (χ2n) is 0.959. The molecule has 0 aliphatic rings. The SMILES string of the molecule is Oc1csc(F)n1. The first-order valence-corrected chi connectivity index (χ1v) is 2.47. The van der Waals surface area contributed by atoms with E-state index in [-0.39, 0.29) is 5.88 Å². The fourth-order valence-corrected chi connectivity index (χ4v) is 0.646. The zero-order chi connectivity index (χ0) is 5.28. The van der Waals surface area contributed by atoms with Crippen LogP contribution in [0.2, 0.25) is 0 Å². The molecule has 2 nitrogen and oxygen atoms in total. The fraction of sp³-hybridized carbons (Fsp3) is 0. The number of hydrogen-bond donors (Lipinski definition) is 1. The molecule has 0 aromatic carbocycles. The summed E-state index contributed by atoms with van der Waals surface area (Å²) in [5.74, 6) is -0.248. The second-order valence-corrected chi connectivity index (χ2v) is 1.77. The first-order valence-electron chi connectivity index (χ1n) is 1.59. The van der Waals surface area contributed by atoms with Crippen LogP contribution in [0.15, 0.2) is 5.38 Å². The molecular formula is C3H2FNOS. The lowest BCUT2D eigenvalue weighted by atomic mass is 10.9. The summed E-state index contributed by atoms with van der Waals surface area (Å²) in [7, 11) is 0. The first kappa shape index (κ1) is 4.52. The highest BCUT2D eigenvalue weighted by atomic mass is 32.1. The van der Waals surface area contributed by atoms with E-state index in [1.165, 1.54) is 5.38 Å². The van der Waals surface area contributed by atoms with Crippen molar-refractivity contribution in [3.63, 3.8) is 0 Å². The lowest BCUT2D eigenvalue weighted by molar-refractivity contribution is 0.446. The molecule has 1 rings (SSSR count). The van der Waals surface area contributed by atoms with Crippen molar-refractivity contribution in [3.05, 3.63) is 10.6 Å². The number of halogens is 1. The van der Waals surface area contributed by atoms with E-state index in [2.05, 4.69) is 4.98 Å². The van der Waals surface area contributed by atoms with Gasteiger partial charge in [0.1, 0.15) is 0 Å². The summed E-state index contributed by atoms with van der Waals surface area (Å²) in [6, 6.07) is 0. The van der Waals surface area contributed by atoms with Gasteiger partial charge in [-0.1, -0.05) is 11.3 Å². The summed E-state index contributed by atoms with van der Waals surface area (Å²) in [6.45, 7) is 0. The van der Waals surface area contributed by atoms with Crippen molar-refractivity contribution in [2.24, 2.45) is 0 Å². The van der Waals surface area contributed by atoms with E-state index in [1.54, 1.807) is 0 Å². The van der Waals surface area contributed by atoms with Crippen molar-refractivity contribution >= 4 is 11.3 Å². The molecule has 0 spiro atoms. The molecule has 1 heterocycles. The van der Waals surface area contributed by atoms with Gasteiger partial charge in [0.2, 0.25) is 5.88 Å². The Morgan fingerprint density at radius 1 is 1.86 bits per heavy atom. The lowest BCUT2D eigenvalue weighted by Crippen LogP contribution is -1.62. The van der Waals surface area contributed by atoms with Gasteiger partial charge >= 0.3 is 0 Å². The van der Waals surface area contributed by atoms with Crippen molar-refractivity contribution in [2.45, 2.75) is 0 Å². The van der Waals surface area contributed by atoms with Crippen LogP contribution in [0.25, 0.3) is 0 Å². The Labute approximate surface area is 43.3 Å². The van der Waals surface area contributed by atoms with Gasteiger partial charge in [0.25, 0.3) is 5.26 Å². The van der Waals surface area contributed by atoms with Gasteiger partial charge in [-0.2, -0.15) is 9.37 Å². The Kier molecular flexibility index (Phi) is 0.941. The molecule has 0 aliphatic carbocycles. The number of rotatable bonds is 0. The molecule has 38 valence electrons. The Balaban J connectivity index is 3.04. The van der Waals surface area contributed by atoms with Crippen molar-refractivity contribution in [3.8, 4) is 5.88 Å². The minimum absolute atomic E-state index is 0.248. The average Bonchev–Trinajstić information content (AvgIpc) is 1.87. The molecule has 1 aromatic heterocycles. The van der Waals surface area contributed by atoms with E-state index in [0.29, 0.717) is 0 Å². The van der Waals surface area contributed by atoms with E-state index in [4.69, 9.17) is 5.11 Å². The maximum atomic E-state index is 11.7. The van der Waals surface area contributed by atoms with Crippen LogP contribution in [0.3, 0.4) is 0 Å². The average molecular weight is 119 g/mol. The standard InChI is InChI=1S/C3H2FNOS/c4-3-5-2(6)1-7-3/h1,6H. The molecule has 7 heavy (non-hydrogen) atoms. The van der Waals surface area contributed by atoms with E-state index < -0.39 is 5.26 Å². The summed E-state index contributed by atoms with van der Waals surface area (Å²) in [5, 5.41) is 8.94. The Bertz CT molecular complexity index is 147. The lowest BCUT2D eigenvalue weighted by Gasteiger charge is -1.68. The normalized spacial score (nSPS) is 9.29. The summed E-state index contributed by atoms with van der Waals surface area (Å²) in [5.41, 5.74) is 0. The number of nitrogens with zero attached hydrogens (tertiary/aromatic N) is 1. The Morgan fingerprint density at radius 3 is 2.71 bits per heavy atom. The molecule has 0 bridgehead atoms. The summed E-state index contributed by atoms with van der Waals surface area (Å²) < 4.78 is 11.7. The van der Waals surface area contributed by atoms with Crippen molar-refractivity contribution in [2.75, 3.05) is 0 Å². The molecule has 0 saturated heterocycles. The van der Waals surface area contributed by atoms with Crippen LogP contribution in [0.4, 0.5) is 4.39 Å². The third kappa shape index (κ3) is 0.866. The minimum atomic E-state index is -0.600. The van der Waals surface area contributed by atoms with Gasteiger partial charge in [-0.15, -0.1) is 0 Å². The van der Waals surface area contributed by atoms with Crippen molar-refractivity contribution in [1.29, 1.82) is 0 Å². The third-order valence-electron chi connectivity index (χ3n) is 0.464. The molecule has 0 radical (unpaired) electrons. The van der Waals surface area contributed by atoms with Crippen LogP contribution >= 0.6 is 11.3 Å². The monoisotopic (exact) mass is 119 g/mol. The highest BCUT2D eigenvalue weighted by Crippen LogP contribution is 2.11. The predicted molar refractivity (Wildman–Crippen MR) is 23.7 cm³/mol. The molecule has 0 unspecified atom stereocenters. The van der Waals surface area contributed by atoms with Crippen LogP contribution in [-0.2, 0) is 0 Å². The smallest absolute Gasteiger partial charge is 0.272 e. The summed E-state index contributed by atoms with van der Waals surface area (Å²) >= 11 is 0.777. The van der Waals surface area contributed by atoms with Crippen molar-refractivity contribution < 1.29 is 9.50 Å². The van der Waals surface area contributed by atoms with E-state index >= 15 is 0 Å². The van der Waals surface area contributed by atoms with Gasteiger partial charge in [0, 0.05) is 0 Å². The topological polar surface area (TPSA) is 33.1 Å². The molecule has 0 fully saturated rings. The van der Waals surface area contributed by atoms with Crippen molar-refractivity contribution in [1.82, 2.24) is 4.98 Å². The van der Waals surface area contributed by atoms with Gasteiger partial charge in [-0.3, -0.25) is 0 Å². The van der Waals surface area contributed by atoms with Crippen LogP contribution < -0.4 is 0 Å². The molecule has 0 amide bonds. The van der Waals surface area contributed by atoms with E-state index in [0.717, 1.165) is 11.3 Å². The van der Waals surface area contributed by atoms with Crippen LogP contribution in [0.1, 0.15) is 0 Å². The quantitative estimate of drug-likeness (QED) is 0.552. The Hall–Kier alpha value is -0.640. The molecule has 0 atom stereocenters. The van der Waals surface area contributed by atoms with Gasteiger partial charge in [-0.05, 0) is 0 Å². The number of aromatic hydroxyl groups is 1. The van der Waals surface area contributed by atoms with Gasteiger partial charge in [-0.25, -0.2) is 0 Å². The molecule has 1 N–H and O–H groups in total. The highest BCUT2D eigenvalue weighted by Gasteiger charge is 1.93. The molecule has 0 saturated carbocycles. The molecule has 1 aromatic rings. The molecule has 0 aliphatic heterocycles.